The standard InChI is InChI=1S/C22H18N2O2S2/c25-21(17-10-11-27-14-17)20-9-8-18(28-20)13-24-22(26)23-12-16-6-3-5-15-4-1-2-7-19(15)16/h1-11,14H,12-13H2,(H2,23,24,26). The summed E-state index contributed by atoms with van der Waals surface area (Å²) in [7, 11) is 0. The molecule has 0 unspecified atom stereocenters. The van der Waals surface area contributed by atoms with Crippen molar-refractivity contribution < 1.29 is 9.59 Å². The van der Waals surface area contributed by atoms with Crippen molar-refractivity contribution in [2.24, 2.45) is 0 Å². The summed E-state index contributed by atoms with van der Waals surface area (Å²) in [4.78, 5) is 26.1. The molecule has 0 fully saturated rings. The first-order valence-corrected chi connectivity index (χ1v) is 10.6. The second-order valence-electron chi connectivity index (χ2n) is 6.28. The lowest BCUT2D eigenvalue weighted by molar-refractivity contribution is 0.104. The Morgan fingerprint density at radius 2 is 1.68 bits per heavy atom. The Morgan fingerprint density at radius 3 is 2.54 bits per heavy atom. The van der Waals surface area contributed by atoms with Crippen LogP contribution in [0.25, 0.3) is 10.8 Å². The van der Waals surface area contributed by atoms with Crippen molar-refractivity contribution in [2.45, 2.75) is 13.1 Å². The Balaban J connectivity index is 1.32. The Labute approximate surface area is 170 Å². The quantitative estimate of drug-likeness (QED) is 0.433. The van der Waals surface area contributed by atoms with Crippen molar-refractivity contribution in [1.82, 2.24) is 10.6 Å². The summed E-state index contributed by atoms with van der Waals surface area (Å²) in [5, 5.41) is 11.8. The molecule has 0 spiro atoms. The summed E-state index contributed by atoms with van der Waals surface area (Å²) in [6.07, 6.45) is 0. The minimum atomic E-state index is -0.230. The number of benzene rings is 2. The molecule has 2 aromatic carbocycles. The van der Waals surface area contributed by atoms with Crippen LogP contribution in [0.1, 0.15) is 25.7 Å². The van der Waals surface area contributed by atoms with E-state index in [0.717, 1.165) is 21.2 Å². The fourth-order valence-corrected chi connectivity index (χ4v) is 4.53. The van der Waals surface area contributed by atoms with Gasteiger partial charge in [0.15, 0.2) is 0 Å². The lowest BCUT2D eigenvalue weighted by Gasteiger charge is -2.09. The summed E-state index contributed by atoms with van der Waals surface area (Å²) in [6, 6.07) is 19.5. The molecule has 0 radical (unpaired) electrons. The van der Waals surface area contributed by atoms with E-state index < -0.39 is 0 Å². The van der Waals surface area contributed by atoms with Gasteiger partial charge in [-0.15, -0.1) is 11.3 Å². The first-order valence-electron chi connectivity index (χ1n) is 8.84. The number of carbonyl (C=O) groups excluding carboxylic acids is 2. The fourth-order valence-electron chi connectivity index (χ4n) is 2.98. The van der Waals surface area contributed by atoms with Gasteiger partial charge >= 0.3 is 6.03 Å². The molecule has 2 amide bonds. The first-order chi connectivity index (χ1) is 13.7. The van der Waals surface area contributed by atoms with Crippen LogP contribution in [0, 0.1) is 0 Å². The first kappa shape index (κ1) is 18.4. The van der Waals surface area contributed by atoms with Gasteiger partial charge in [0.05, 0.1) is 11.4 Å². The Bertz CT molecular complexity index is 1110. The molecule has 4 aromatic rings. The summed E-state index contributed by atoms with van der Waals surface area (Å²) in [6.45, 7) is 0.850. The second kappa shape index (κ2) is 8.37. The van der Waals surface area contributed by atoms with Gasteiger partial charge in [-0.1, -0.05) is 42.5 Å². The SMILES string of the molecule is O=C(NCc1ccc(C(=O)c2ccsc2)s1)NCc1cccc2ccccc12. The summed E-state index contributed by atoms with van der Waals surface area (Å²) in [5.74, 6) is 0.0258. The number of hydrogen-bond acceptors (Lipinski definition) is 4. The zero-order valence-corrected chi connectivity index (χ0v) is 16.6. The Morgan fingerprint density at radius 1 is 0.857 bits per heavy atom. The average molecular weight is 407 g/mol. The van der Waals surface area contributed by atoms with Gasteiger partial charge in [-0.3, -0.25) is 4.79 Å². The highest BCUT2D eigenvalue weighted by Gasteiger charge is 2.12. The number of urea groups is 1. The molecule has 4 nitrogen and oxygen atoms in total. The highest BCUT2D eigenvalue weighted by molar-refractivity contribution is 7.14. The molecule has 0 aliphatic heterocycles. The van der Waals surface area contributed by atoms with Crippen LogP contribution in [-0.4, -0.2) is 11.8 Å². The summed E-state index contributed by atoms with van der Waals surface area (Å²) in [5.41, 5.74) is 1.78. The number of hydrogen-bond donors (Lipinski definition) is 2. The molecule has 2 aromatic heterocycles. The van der Waals surface area contributed by atoms with Crippen molar-refractivity contribution in [3.63, 3.8) is 0 Å². The van der Waals surface area contributed by atoms with Crippen LogP contribution in [0.4, 0.5) is 4.79 Å². The van der Waals surface area contributed by atoms with E-state index in [4.69, 9.17) is 0 Å². The minimum Gasteiger partial charge on any atom is -0.334 e. The van der Waals surface area contributed by atoms with Crippen LogP contribution >= 0.6 is 22.7 Å². The monoisotopic (exact) mass is 406 g/mol. The van der Waals surface area contributed by atoms with Crippen molar-refractivity contribution in [1.29, 1.82) is 0 Å². The Kier molecular flexibility index (Phi) is 5.50. The second-order valence-corrected chi connectivity index (χ2v) is 8.23. The van der Waals surface area contributed by atoms with Gasteiger partial charge in [-0.25, -0.2) is 4.79 Å². The maximum atomic E-state index is 12.3. The van der Waals surface area contributed by atoms with Gasteiger partial charge in [-0.2, -0.15) is 11.3 Å². The summed E-state index contributed by atoms with van der Waals surface area (Å²) < 4.78 is 0. The molecular weight excluding hydrogens is 388 g/mol. The highest BCUT2D eigenvalue weighted by atomic mass is 32.1. The number of amides is 2. The zero-order valence-electron chi connectivity index (χ0n) is 15.0. The normalized spacial score (nSPS) is 10.7. The molecule has 140 valence electrons. The van der Waals surface area contributed by atoms with Gasteiger partial charge in [0.1, 0.15) is 0 Å². The van der Waals surface area contributed by atoms with Gasteiger partial charge < -0.3 is 10.6 Å². The molecule has 0 aliphatic carbocycles. The number of carbonyl (C=O) groups is 2. The van der Waals surface area contributed by atoms with E-state index in [1.807, 2.05) is 53.2 Å². The highest BCUT2D eigenvalue weighted by Crippen LogP contribution is 2.21. The van der Waals surface area contributed by atoms with Gasteiger partial charge in [0, 0.05) is 22.4 Å². The zero-order chi connectivity index (χ0) is 19.3. The lowest BCUT2D eigenvalue weighted by Crippen LogP contribution is -2.34. The van der Waals surface area contributed by atoms with Crippen molar-refractivity contribution in [2.75, 3.05) is 0 Å². The third kappa shape index (κ3) is 4.13. The van der Waals surface area contributed by atoms with Crippen molar-refractivity contribution >= 4 is 45.3 Å². The fraction of sp³-hybridized carbons (Fsp3) is 0.0909. The molecule has 2 heterocycles. The summed E-state index contributed by atoms with van der Waals surface area (Å²) >= 11 is 2.92. The van der Waals surface area contributed by atoms with Crippen LogP contribution in [0.3, 0.4) is 0 Å². The molecule has 0 atom stereocenters. The van der Waals surface area contributed by atoms with Crippen LogP contribution in [0.2, 0.25) is 0 Å². The number of fused-ring (bicyclic) bond motifs is 1. The van der Waals surface area contributed by atoms with E-state index in [0.29, 0.717) is 23.5 Å². The van der Waals surface area contributed by atoms with E-state index in [-0.39, 0.29) is 11.8 Å². The van der Waals surface area contributed by atoms with Crippen molar-refractivity contribution in [3.05, 3.63) is 92.3 Å². The molecular formula is C22H18N2O2S2. The van der Waals surface area contributed by atoms with Crippen LogP contribution < -0.4 is 10.6 Å². The molecule has 0 saturated heterocycles. The number of thiophene rings is 2. The molecule has 0 saturated carbocycles. The maximum absolute atomic E-state index is 12.3. The maximum Gasteiger partial charge on any atom is 0.315 e. The predicted molar refractivity (Wildman–Crippen MR) is 115 cm³/mol. The van der Waals surface area contributed by atoms with Crippen LogP contribution in [0.15, 0.2) is 71.4 Å². The number of rotatable bonds is 6. The van der Waals surface area contributed by atoms with Gasteiger partial charge in [0.2, 0.25) is 5.78 Å². The number of nitrogens with one attached hydrogen (secondary N) is 2. The molecule has 0 aliphatic rings. The van der Waals surface area contributed by atoms with Crippen molar-refractivity contribution in [3.8, 4) is 0 Å². The van der Waals surface area contributed by atoms with E-state index in [9.17, 15) is 9.59 Å². The molecule has 6 heteroatoms. The van der Waals surface area contributed by atoms with Gasteiger partial charge in [0.25, 0.3) is 0 Å². The predicted octanol–water partition coefficient (Wildman–Crippen LogP) is 5.19. The third-order valence-electron chi connectivity index (χ3n) is 4.41. The van der Waals surface area contributed by atoms with Crippen LogP contribution in [0.5, 0.6) is 0 Å². The van der Waals surface area contributed by atoms with E-state index >= 15 is 0 Å². The smallest absolute Gasteiger partial charge is 0.315 e. The third-order valence-corrected chi connectivity index (χ3v) is 6.18. The van der Waals surface area contributed by atoms with E-state index in [1.165, 1.54) is 22.7 Å². The molecule has 2 N–H and O–H groups in total. The van der Waals surface area contributed by atoms with E-state index in [2.05, 4.69) is 28.8 Å². The average Bonchev–Trinajstić information content (AvgIpc) is 3.42. The van der Waals surface area contributed by atoms with E-state index in [1.54, 1.807) is 0 Å². The largest absolute Gasteiger partial charge is 0.334 e. The topological polar surface area (TPSA) is 58.2 Å². The molecule has 0 bridgehead atoms. The molecule has 4 rings (SSSR count). The lowest BCUT2D eigenvalue weighted by atomic mass is 10.0. The minimum absolute atomic E-state index is 0.0258. The molecule has 28 heavy (non-hydrogen) atoms. The van der Waals surface area contributed by atoms with Gasteiger partial charge in [-0.05, 0) is 39.9 Å². The Hall–Kier alpha value is -2.96. The number of ketones is 1. The van der Waals surface area contributed by atoms with Crippen LogP contribution in [-0.2, 0) is 13.1 Å².